The second-order valence-electron chi connectivity index (χ2n) is 7.14. The molecule has 6 nitrogen and oxygen atoms in total. The number of carboxylic acids is 1. The number of carbonyl (C=O) groups is 1. The fraction of sp³-hybridized carbons (Fsp3) is 0.250. The van der Waals surface area contributed by atoms with Crippen molar-refractivity contribution in [3.63, 3.8) is 0 Å². The number of hydrogen-bond donors (Lipinski definition) is 1. The van der Waals surface area contributed by atoms with E-state index in [1.165, 1.54) is 7.11 Å². The number of carboxylic acid groups (broad SMARTS) is 1. The molecule has 4 rings (SSSR count). The van der Waals surface area contributed by atoms with Crippen molar-refractivity contribution in [1.82, 2.24) is 4.98 Å². The highest BCUT2D eigenvalue weighted by atomic mass is 32.1. The summed E-state index contributed by atoms with van der Waals surface area (Å²) in [5, 5.41) is 11.2. The van der Waals surface area contributed by atoms with Gasteiger partial charge in [-0.05, 0) is 42.1 Å². The second-order valence-corrected chi connectivity index (χ2v) is 8.06. The molecule has 0 amide bonds. The maximum atomic E-state index is 11.3. The molecule has 0 radical (unpaired) electrons. The van der Waals surface area contributed by atoms with Gasteiger partial charge in [0.2, 0.25) is 5.89 Å². The van der Waals surface area contributed by atoms with Crippen LogP contribution in [0.2, 0.25) is 0 Å². The predicted molar refractivity (Wildman–Crippen MR) is 119 cm³/mol. The van der Waals surface area contributed by atoms with Gasteiger partial charge >= 0.3 is 5.97 Å². The quantitative estimate of drug-likeness (QED) is 0.393. The van der Waals surface area contributed by atoms with Gasteiger partial charge in [0.15, 0.2) is 6.10 Å². The summed E-state index contributed by atoms with van der Waals surface area (Å²) in [5.74, 6) is 1.21. The number of aryl methyl sites for hydroxylation is 1. The summed E-state index contributed by atoms with van der Waals surface area (Å²) in [4.78, 5) is 16.9. The van der Waals surface area contributed by atoms with Gasteiger partial charge < -0.3 is 19.0 Å². The first-order valence-electron chi connectivity index (χ1n) is 9.96. The van der Waals surface area contributed by atoms with Crippen LogP contribution in [0.25, 0.3) is 21.9 Å². The third-order valence-electron chi connectivity index (χ3n) is 5.13. The molecule has 2 heterocycles. The maximum Gasteiger partial charge on any atom is 0.333 e. The van der Waals surface area contributed by atoms with Crippen molar-refractivity contribution >= 4 is 17.3 Å². The summed E-state index contributed by atoms with van der Waals surface area (Å²) < 4.78 is 17.0. The number of nitrogens with zero attached hydrogens (tertiary/aromatic N) is 1. The van der Waals surface area contributed by atoms with Crippen molar-refractivity contribution in [3.05, 3.63) is 70.9 Å². The Balaban J connectivity index is 1.42. The highest BCUT2D eigenvalue weighted by molar-refractivity contribution is 7.13. The molecule has 1 aromatic heterocycles. The van der Waals surface area contributed by atoms with Crippen LogP contribution in [0.4, 0.5) is 0 Å². The highest BCUT2D eigenvalue weighted by Gasteiger charge is 2.22. The molecule has 0 saturated carbocycles. The normalized spacial score (nSPS) is 12.2. The van der Waals surface area contributed by atoms with Crippen LogP contribution in [-0.2, 0) is 22.4 Å². The van der Waals surface area contributed by atoms with E-state index in [2.05, 4.69) is 4.98 Å². The fourth-order valence-corrected chi connectivity index (χ4v) is 4.40. The third-order valence-corrected chi connectivity index (χ3v) is 6.12. The van der Waals surface area contributed by atoms with Crippen LogP contribution < -0.4 is 4.74 Å². The van der Waals surface area contributed by atoms with Crippen molar-refractivity contribution in [3.8, 4) is 27.6 Å². The molecule has 160 valence electrons. The van der Waals surface area contributed by atoms with E-state index in [0.717, 1.165) is 38.8 Å². The lowest BCUT2D eigenvalue weighted by atomic mass is 10.1. The van der Waals surface area contributed by atoms with Gasteiger partial charge in [0, 0.05) is 36.0 Å². The lowest BCUT2D eigenvalue weighted by Gasteiger charge is -2.13. The SMILES string of the molecule is CO[C@@H](Cc1ccc2c(OCCc3nc(-c4ccccc4)oc3C)ccsc1-2)C(=O)O. The van der Waals surface area contributed by atoms with Gasteiger partial charge in [0.1, 0.15) is 11.5 Å². The van der Waals surface area contributed by atoms with Gasteiger partial charge in [0.05, 0.1) is 12.3 Å². The first kappa shape index (κ1) is 21.1. The Morgan fingerprint density at radius 2 is 2.00 bits per heavy atom. The van der Waals surface area contributed by atoms with Crippen LogP contribution in [0.15, 0.2) is 58.3 Å². The third kappa shape index (κ3) is 4.62. The molecule has 0 spiro atoms. The number of fused-ring (bicyclic) bond motifs is 1. The van der Waals surface area contributed by atoms with Gasteiger partial charge in [-0.3, -0.25) is 0 Å². The first-order chi connectivity index (χ1) is 15.1. The molecule has 2 aromatic rings. The molecule has 31 heavy (non-hydrogen) atoms. The second kappa shape index (κ2) is 9.32. The maximum absolute atomic E-state index is 11.3. The Bertz CT molecular complexity index is 1130. The Kier molecular flexibility index (Phi) is 6.34. The van der Waals surface area contributed by atoms with E-state index >= 15 is 0 Å². The zero-order valence-corrected chi connectivity index (χ0v) is 18.1. The van der Waals surface area contributed by atoms with Gasteiger partial charge in [-0.2, -0.15) is 0 Å². The summed E-state index contributed by atoms with van der Waals surface area (Å²) in [6.07, 6.45) is 0.0760. The predicted octanol–water partition coefficient (Wildman–Crippen LogP) is 5.08. The van der Waals surface area contributed by atoms with E-state index in [4.69, 9.17) is 13.9 Å². The van der Waals surface area contributed by atoms with E-state index in [9.17, 15) is 9.90 Å². The minimum Gasteiger partial charge on any atom is -0.492 e. The number of oxazole rings is 1. The van der Waals surface area contributed by atoms with E-state index in [1.54, 1.807) is 11.3 Å². The average Bonchev–Trinajstić information content (AvgIpc) is 3.36. The Hall–Kier alpha value is -3.16. The largest absolute Gasteiger partial charge is 0.492 e. The average molecular weight is 438 g/mol. The number of ether oxygens (including phenoxy) is 2. The van der Waals surface area contributed by atoms with Gasteiger partial charge in [-0.25, -0.2) is 9.78 Å². The summed E-state index contributed by atoms with van der Waals surface area (Å²) in [7, 11) is 1.41. The van der Waals surface area contributed by atoms with Crippen LogP contribution in [0.1, 0.15) is 17.0 Å². The summed E-state index contributed by atoms with van der Waals surface area (Å²) in [6.45, 7) is 2.37. The number of hydrogen-bond acceptors (Lipinski definition) is 6. The van der Waals surface area contributed by atoms with Crippen molar-refractivity contribution in [2.75, 3.05) is 13.7 Å². The Labute approximate surface area is 184 Å². The molecule has 1 aromatic carbocycles. The van der Waals surface area contributed by atoms with Crippen LogP contribution in [0.3, 0.4) is 0 Å². The van der Waals surface area contributed by atoms with Crippen LogP contribution >= 0.6 is 11.3 Å². The molecule has 0 saturated heterocycles. The smallest absolute Gasteiger partial charge is 0.333 e. The topological polar surface area (TPSA) is 81.8 Å². The molecule has 0 unspecified atom stereocenters. The van der Waals surface area contributed by atoms with E-state index in [1.807, 2.05) is 60.8 Å². The minimum absolute atomic E-state index is 0.315. The molecule has 1 atom stereocenters. The van der Waals surface area contributed by atoms with Crippen molar-refractivity contribution in [2.24, 2.45) is 0 Å². The number of methoxy groups -OCH3 is 1. The molecular weight excluding hydrogens is 414 g/mol. The number of benzene rings is 1. The van der Waals surface area contributed by atoms with Crippen LogP contribution in [0, 0.1) is 6.92 Å². The molecule has 1 N–H and O–H groups in total. The Morgan fingerprint density at radius 3 is 2.74 bits per heavy atom. The lowest BCUT2D eigenvalue weighted by Crippen LogP contribution is -2.24. The monoisotopic (exact) mass is 437 g/mol. The molecule has 0 bridgehead atoms. The van der Waals surface area contributed by atoms with Gasteiger partial charge in [-0.15, -0.1) is 11.3 Å². The lowest BCUT2D eigenvalue weighted by molar-refractivity contribution is -0.148. The number of aromatic nitrogens is 1. The van der Waals surface area contributed by atoms with E-state index in [0.29, 0.717) is 25.3 Å². The fourth-order valence-electron chi connectivity index (χ4n) is 3.47. The van der Waals surface area contributed by atoms with Gasteiger partial charge in [0.25, 0.3) is 0 Å². The summed E-state index contributed by atoms with van der Waals surface area (Å²) in [6, 6.07) is 15.7. The van der Waals surface area contributed by atoms with Gasteiger partial charge in [-0.1, -0.05) is 24.3 Å². The van der Waals surface area contributed by atoms with Crippen LogP contribution in [0.5, 0.6) is 5.75 Å². The zero-order chi connectivity index (χ0) is 21.8. The Morgan fingerprint density at radius 1 is 1.19 bits per heavy atom. The molecule has 1 aliphatic heterocycles. The standard InChI is InChI=1S/C24H23NO5S/c1-15-19(25-23(30-15)16-6-4-3-5-7-16)10-12-29-20-11-13-31-22-17(8-9-18(20)22)14-21(28-2)24(26)27/h3-9,11,13,21H,10,12,14H2,1-2H3,(H,26,27)/t21-/m0/s1. The van der Waals surface area contributed by atoms with Crippen LogP contribution in [-0.4, -0.2) is 35.9 Å². The summed E-state index contributed by atoms with van der Waals surface area (Å²) >= 11 is 1.57. The first-order valence-corrected chi connectivity index (χ1v) is 10.8. The van der Waals surface area contributed by atoms with E-state index < -0.39 is 12.1 Å². The van der Waals surface area contributed by atoms with Crippen molar-refractivity contribution < 1.29 is 23.8 Å². The molecule has 1 aliphatic carbocycles. The summed E-state index contributed by atoms with van der Waals surface area (Å²) in [5.41, 5.74) is 3.75. The molecule has 0 fully saturated rings. The van der Waals surface area contributed by atoms with E-state index in [-0.39, 0.29) is 0 Å². The minimum atomic E-state index is -0.966. The molecular formula is C24H23NO5S. The van der Waals surface area contributed by atoms with Crippen molar-refractivity contribution in [1.29, 1.82) is 0 Å². The number of aliphatic carboxylic acids is 1. The zero-order valence-electron chi connectivity index (χ0n) is 17.3. The molecule has 7 heteroatoms. The number of rotatable bonds is 9. The van der Waals surface area contributed by atoms with Crippen molar-refractivity contribution in [2.45, 2.75) is 25.9 Å². The molecule has 2 aliphatic rings. The highest BCUT2D eigenvalue weighted by Crippen LogP contribution is 2.40.